The number of hydrogen-bond donors (Lipinski definition) is 1. The smallest absolute Gasteiger partial charge is 0.335 e. The number of hydrogen-bond acceptors (Lipinski definition) is 4. The van der Waals surface area contributed by atoms with Crippen LogP contribution in [-0.4, -0.2) is 21.2 Å². The van der Waals surface area contributed by atoms with E-state index in [1.807, 2.05) is 6.07 Å². The summed E-state index contributed by atoms with van der Waals surface area (Å²) in [6.07, 6.45) is 1.61. The third-order valence-electron chi connectivity index (χ3n) is 3.20. The van der Waals surface area contributed by atoms with Crippen molar-refractivity contribution in [3.05, 3.63) is 70.6 Å². The number of aromatic nitrogens is 2. The van der Waals surface area contributed by atoms with Gasteiger partial charge < -0.3 is 9.63 Å². The van der Waals surface area contributed by atoms with E-state index in [0.717, 1.165) is 0 Å². The maximum absolute atomic E-state index is 10.8. The molecule has 1 aromatic heterocycles. The molecular formula is C17H10Cl2N2O3. The van der Waals surface area contributed by atoms with Gasteiger partial charge in [-0.1, -0.05) is 52.6 Å². The standard InChI is InChI=1S/C17H10Cl2N2O3/c18-13-4-2-1-3-12(13)15-20-16(24-21-15)14(19)9-10-5-7-11(8-6-10)17(22)23/h1-9H,(H,22,23)/b14-9-. The number of carbonyl (C=O) groups is 1. The minimum Gasteiger partial charge on any atom is -0.478 e. The molecule has 0 amide bonds. The SMILES string of the molecule is O=C(O)c1ccc(/C=C(\Cl)c2nc(-c3ccccc3Cl)no2)cc1. The number of nitrogens with zero attached hydrogens (tertiary/aromatic N) is 2. The van der Waals surface area contributed by atoms with Crippen LogP contribution in [0.15, 0.2) is 53.1 Å². The average molecular weight is 361 g/mol. The molecular weight excluding hydrogens is 351 g/mol. The Morgan fingerprint density at radius 1 is 1.12 bits per heavy atom. The fourth-order valence-corrected chi connectivity index (χ4v) is 2.43. The van der Waals surface area contributed by atoms with Crippen LogP contribution in [0.5, 0.6) is 0 Å². The van der Waals surface area contributed by atoms with E-state index < -0.39 is 5.97 Å². The molecule has 0 aliphatic carbocycles. The summed E-state index contributed by atoms with van der Waals surface area (Å²) < 4.78 is 5.16. The van der Waals surface area contributed by atoms with E-state index in [9.17, 15) is 4.79 Å². The fourth-order valence-electron chi connectivity index (χ4n) is 2.00. The summed E-state index contributed by atoms with van der Waals surface area (Å²) in [5, 5.41) is 13.5. The van der Waals surface area contributed by atoms with Gasteiger partial charge >= 0.3 is 5.97 Å². The van der Waals surface area contributed by atoms with Gasteiger partial charge in [-0.15, -0.1) is 0 Å². The van der Waals surface area contributed by atoms with Crippen LogP contribution in [0, 0.1) is 0 Å². The molecule has 2 aromatic carbocycles. The van der Waals surface area contributed by atoms with Crippen LogP contribution in [0.25, 0.3) is 22.5 Å². The molecule has 0 saturated carbocycles. The van der Waals surface area contributed by atoms with Gasteiger partial charge in [0, 0.05) is 5.56 Å². The zero-order valence-corrected chi connectivity index (χ0v) is 13.6. The van der Waals surface area contributed by atoms with E-state index in [1.165, 1.54) is 12.1 Å². The second kappa shape index (κ2) is 6.86. The Morgan fingerprint density at radius 2 is 1.83 bits per heavy atom. The first-order valence-corrected chi connectivity index (χ1v) is 7.60. The van der Waals surface area contributed by atoms with Crippen LogP contribution in [0.3, 0.4) is 0 Å². The van der Waals surface area contributed by atoms with E-state index in [-0.39, 0.29) is 16.5 Å². The number of halogens is 2. The molecule has 0 spiro atoms. The predicted molar refractivity (Wildman–Crippen MR) is 91.9 cm³/mol. The van der Waals surface area contributed by atoms with E-state index in [4.69, 9.17) is 32.8 Å². The van der Waals surface area contributed by atoms with Gasteiger partial charge in [0.05, 0.1) is 10.6 Å². The maximum Gasteiger partial charge on any atom is 0.335 e. The highest BCUT2D eigenvalue weighted by Gasteiger charge is 2.13. The van der Waals surface area contributed by atoms with Gasteiger partial charge in [0.2, 0.25) is 5.82 Å². The Hall–Kier alpha value is -2.63. The normalized spacial score (nSPS) is 11.5. The number of carboxylic acids is 1. The lowest BCUT2D eigenvalue weighted by molar-refractivity contribution is 0.0697. The van der Waals surface area contributed by atoms with Crippen LogP contribution in [-0.2, 0) is 0 Å². The highest BCUT2D eigenvalue weighted by atomic mass is 35.5. The van der Waals surface area contributed by atoms with Gasteiger partial charge in [0.1, 0.15) is 5.03 Å². The van der Waals surface area contributed by atoms with Crippen molar-refractivity contribution >= 4 is 40.3 Å². The van der Waals surface area contributed by atoms with Crippen LogP contribution in [0.2, 0.25) is 5.02 Å². The molecule has 7 heteroatoms. The van der Waals surface area contributed by atoms with Gasteiger partial charge in [-0.05, 0) is 35.9 Å². The van der Waals surface area contributed by atoms with Crippen LogP contribution in [0.4, 0.5) is 0 Å². The molecule has 1 heterocycles. The van der Waals surface area contributed by atoms with Gasteiger partial charge in [-0.3, -0.25) is 0 Å². The largest absolute Gasteiger partial charge is 0.478 e. The van der Waals surface area contributed by atoms with Gasteiger partial charge in [0.25, 0.3) is 5.89 Å². The zero-order valence-electron chi connectivity index (χ0n) is 12.1. The predicted octanol–water partition coefficient (Wildman–Crippen LogP) is 4.83. The van der Waals surface area contributed by atoms with Gasteiger partial charge in [-0.25, -0.2) is 4.79 Å². The summed E-state index contributed by atoms with van der Waals surface area (Å²) in [5.41, 5.74) is 1.55. The third kappa shape index (κ3) is 3.48. The zero-order chi connectivity index (χ0) is 17.1. The van der Waals surface area contributed by atoms with Crippen molar-refractivity contribution in [2.75, 3.05) is 0 Å². The lowest BCUT2D eigenvalue weighted by Crippen LogP contribution is -1.94. The molecule has 1 N–H and O–H groups in total. The number of rotatable bonds is 4. The van der Waals surface area contributed by atoms with Gasteiger partial charge in [-0.2, -0.15) is 4.98 Å². The van der Waals surface area contributed by atoms with E-state index in [0.29, 0.717) is 22.0 Å². The Bertz CT molecular complexity index is 918. The summed E-state index contributed by atoms with van der Waals surface area (Å²) in [6.45, 7) is 0. The van der Waals surface area contributed by atoms with Gasteiger partial charge in [0.15, 0.2) is 0 Å². The first-order chi connectivity index (χ1) is 11.5. The Morgan fingerprint density at radius 3 is 2.50 bits per heavy atom. The Labute approximate surface area is 147 Å². The molecule has 0 radical (unpaired) electrons. The minimum absolute atomic E-state index is 0.147. The highest BCUT2D eigenvalue weighted by Crippen LogP contribution is 2.28. The number of carboxylic acid groups (broad SMARTS) is 1. The summed E-state index contributed by atoms with van der Waals surface area (Å²) in [4.78, 5) is 15.1. The molecule has 5 nitrogen and oxygen atoms in total. The minimum atomic E-state index is -0.988. The molecule has 0 aliphatic rings. The van der Waals surface area contributed by atoms with E-state index in [2.05, 4.69) is 10.1 Å². The molecule has 0 atom stereocenters. The molecule has 0 fully saturated rings. The summed E-state index contributed by atoms with van der Waals surface area (Å²) in [7, 11) is 0. The average Bonchev–Trinajstić information content (AvgIpc) is 3.05. The van der Waals surface area contributed by atoms with Crippen LogP contribution < -0.4 is 0 Å². The molecule has 120 valence electrons. The number of benzene rings is 2. The van der Waals surface area contributed by atoms with Crippen molar-refractivity contribution in [3.63, 3.8) is 0 Å². The molecule has 3 aromatic rings. The van der Waals surface area contributed by atoms with Crippen molar-refractivity contribution < 1.29 is 14.4 Å². The molecule has 3 rings (SSSR count). The summed E-state index contributed by atoms with van der Waals surface area (Å²) >= 11 is 12.3. The third-order valence-corrected chi connectivity index (χ3v) is 3.80. The van der Waals surface area contributed by atoms with E-state index in [1.54, 1.807) is 36.4 Å². The Kier molecular flexibility index (Phi) is 4.64. The van der Waals surface area contributed by atoms with Crippen molar-refractivity contribution in [1.29, 1.82) is 0 Å². The summed E-state index contributed by atoms with van der Waals surface area (Å²) in [6, 6.07) is 13.4. The van der Waals surface area contributed by atoms with Crippen LogP contribution in [0.1, 0.15) is 21.8 Å². The monoisotopic (exact) mass is 360 g/mol. The molecule has 0 saturated heterocycles. The molecule has 24 heavy (non-hydrogen) atoms. The first-order valence-electron chi connectivity index (χ1n) is 6.84. The van der Waals surface area contributed by atoms with Crippen LogP contribution >= 0.6 is 23.2 Å². The van der Waals surface area contributed by atoms with Crippen molar-refractivity contribution in [3.8, 4) is 11.4 Å². The second-order valence-corrected chi connectivity index (χ2v) is 5.64. The quantitative estimate of drug-likeness (QED) is 0.721. The van der Waals surface area contributed by atoms with Crippen molar-refractivity contribution in [2.45, 2.75) is 0 Å². The summed E-state index contributed by atoms with van der Waals surface area (Å²) in [5.74, 6) is -0.504. The Balaban J connectivity index is 1.86. The number of aromatic carboxylic acids is 1. The topological polar surface area (TPSA) is 76.2 Å². The lowest BCUT2D eigenvalue weighted by Gasteiger charge is -1.97. The van der Waals surface area contributed by atoms with Crippen molar-refractivity contribution in [2.24, 2.45) is 0 Å². The molecule has 0 bridgehead atoms. The maximum atomic E-state index is 10.8. The first kappa shape index (κ1) is 16.2. The van der Waals surface area contributed by atoms with Crippen molar-refractivity contribution in [1.82, 2.24) is 10.1 Å². The second-order valence-electron chi connectivity index (χ2n) is 4.82. The lowest BCUT2D eigenvalue weighted by atomic mass is 10.1. The van der Waals surface area contributed by atoms with E-state index >= 15 is 0 Å². The molecule has 0 aliphatic heterocycles. The highest BCUT2D eigenvalue weighted by molar-refractivity contribution is 6.50. The fraction of sp³-hybridized carbons (Fsp3) is 0. The molecule has 0 unspecified atom stereocenters.